The normalized spacial score (nSPS) is 14.4. The van der Waals surface area contributed by atoms with E-state index in [1.54, 1.807) is 0 Å². The van der Waals surface area contributed by atoms with Gasteiger partial charge in [-0.2, -0.15) is 8.42 Å². The van der Waals surface area contributed by atoms with Gasteiger partial charge in [-0.25, -0.2) is 0 Å². The molecule has 0 aromatic rings. The van der Waals surface area contributed by atoms with Gasteiger partial charge in [0.15, 0.2) is 0 Å². The largest absolute Gasteiger partial charge is 0.285 e. The minimum Gasteiger partial charge on any atom is -0.285 e. The van der Waals surface area contributed by atoms with E-state index in [-0.39, 0.29) is 9.91 Å². The first-order valence-electron chi connectivity index (χ1n) is 3.62. The van der Waals surface area contributed by atoms with Crippen molar-refractivity contribution >= 4 is 19.6 Å². The van der Waals surface area contributed by atoms with Crippen molar-refractivity contribution in [3.05, 3.63) is 17.5 Å². The standard InChI is InChI=1S/C7H15O3SSi/c1-5-6(11(8,9)10)12-7(2,3)4/h5H,1,12H2,2-4H3,(H,8,9,10). The van der Waals surface area contributed by atoms with Crippen LogP contribution < -0.4 is 0 Å². The monoisotopic (exact) mass is 207 g/mol. The van der Waals surface area contributed by atoms with Crippen LogP contribution in [0, 0.1) is 4.87 Å². The van der Waals surface area contributed by atoms with Crippen molar-refractivity contribution in [3.63, 3.8) is 0 Å². The van der Waals surface area contributed by atoms with Crippen molar-refractivity contribution in [1.29, 1.82) is 0 Å². The summed E-state index contributed by atoms with van der Waals surface area (Å²) in [5.41, 5.74) is 0. The minimum absolute atomic E-state index is 0.0284. The van der Waals surface area contributed by atoms with Crippen LogP contribution in [0.4, 0.5) is 0 Å². The Bertz CT molecular complexity index is 250. The summed E-state index contributed by atoms with van der Waals surface area (Å²) in [7, 11) is -4.97. The predicted molar refractivity (Wildman–Crippen MR) is 53.2 cm³/mol. The zero-order valence-corrected chi connectivity index (χ0v) is 9.89. The van der Waals surface area contributed by atoms with E-state index in [0.717, 1.165) is 0 Å². The van der Waals surface area contributed by atoms with Gasteiger partial charge in [-0.1, -0.05) is 26.8 Å². The first-order chi connectivity index (χ1) is 5.17. The molecule has 5 heteroatoms. The van der Waals surface area contributed by atoms with Crippen molar-refractivity contribution in [1.82, 2.24) is 0 Å². The highest BCUT2D eigenvalue weighted by atomic mass is 32.2. The van der Waals surface area contributed by atoms with Gasteiger partial charge in [0.05, 0.1) is 9.52 Å². The maximum absolute atomic E-state index is 10.7. The Hall–Kier alpha value is -0.133. The van der Waals surface area contributed by atoms with Crippen LogP contribution in [-0.4, -0.2) is 22.5 Å². The fraction of sp³-hybridized carbons (Fsp3) is 0.571. The molecule has 0 spiro atoms. The average molecular weight is 207 g/mol. The molecular weight excluding hydrogens is 192 g/mol. The summed E-state index contributed by atoms with van der Waals surface area (Å²) in [6.45, 7) is 9.23. The van der Waals surface area contributed by atoms with Gasteiger partial charge in [0.2, 0.25) is 0 Å². The Morgan fingerprint density at radius 1 is 1.50 bits per heavy atom. The predicted octanol–water partition coefficient (Wildman–Crippen LogP) is 0.937. The van der Waals surface area contributed by atoms with Crippen LogP contribution >= 0.6 is 0 Å². The molecule has 0 aliphatic carbocycles. The molecule has 0 heterocycles. The average Bonchev–Trinajstić information content (AvgIpc) is 1.78. The highest BCUT2D eigenvalue weighted by Gasteiger charge is 2.27. The van der Waals surface area contributed by atoms with E-state index in [4.69, 9.17) is 4.55 Å². The lowest BCUT2D eigenvalue weighted by Crippen LogP contribution is -2.23. The van der Waals surface area contributed by atoms with Gasteiger partial charge in [0.25, 0.3) is 10.1 Å². The minimum atomic E-state index is -3.99. The third-order valence-corrected chi connectivity index (χ3v) is 5.32. The summed E-state index contributed by atoms with van der Waals surface area (Å²) in [5.74, 6) is 0. The van der Waals surface area contributed by atoms with Gasteiger partial charge in [0, 0.05) is 0 Å². The molecule has 0 rings (SSSR count). The number of hydrogen-bond donors (Lipinski definition) is 1. The molecule has 0 aliphatic heterocycles. The van der Waals surface area contributed by atoms with E-state index in [1.807, 2.05) is 20.8 Å². The molecule has 1 radical (unpaired) electrons. The molecule has 12 heavy (non-hydrogen) atoms. The first kappa shape index (κ1) is 11.9. The molecule has 0 aromatic carbocycles. The SMILES string of the molecule is C=C[C]([SiH2]C(C)(C)C)S(=O)(=O)O. The Morgan fingerprint density at radius 3 is 2.00 bits per heavy atom. The summed E-state index contributed by atoms with van der Waals surface area (Å²) in [5, 5.41) is -0.0284. The first-order valence-corrected chi connectivity index (χ1v) is 6.48. The van der Waals surface area contributed by atoms with Gasteiger partial charge in [-0.05, 0) is 5.04 Å². The van der Waals surface area contributed by atoms with E-state index in [1.165, 1.54) is 6.08 Å². The second-order valence-corrected chi connectivity index (χ2v) is 9.11. The van der Waals surface area contributed by atoms with Crippen LogP contribution in [0.25, 0.3) is 0 Å². The van der Waals surface area contributed by atoms with Crippen LogP contribution in [0.3, 0.4) is 0 Å². The van der Waals surface area contributed by atoms with Crippen molar-refractivity contribution < 1.29 is 13.0 Å². The summed E-state index contributed by atoms with van der Waals surface area (Å²) in [4.78, 5) is 0.120. The molecule has 0 amide bonds. The smallest absolute Gasteiger partial charge is 0.272 e. The molecule has 0 bridgehead atoms. The van der Waals surface area contributed by atoms with Crippen molar-refractivity contribution in [2.45, 2.75) is 25.8 Å². The Balaban J connectivity index is 4.52. The van der Waals surface area contributed by atoms with Gasteiger partial charge in [0.1, 0.15) is 4.87 Å². The molecule has 0 unspecified atom stereocenters. The second-order valence-electron chi connectivity index (χ2n) is 3.88. The van der Waals surface area contributed by atoms with Gasteiger partial charge in [-0.15, -0.1) is 6.58 Å². The molecule has 0 aromatic heterocycles. The number of hydrogen-bond acceptors (Lipinski definition) is 2. The van der Waals surface area contributed by atoms with E-state index < -0.39 is 19.6 Å². The molecule has 0 aliphatic rings. The highest BCUT2D eigenvalue weighted by molar-refractivity contribution is 7.90. The zero-order chi connectivity index (χ0) is 9.99. The maximum Gasteiger partial charge on any atom is 0.272 e. The fourth-order valence-electron chi connectivity index (χ4n) is 0.791. The molecule has 1 N–H and O–H groups in total. The molecule has 0 saturated carbocycles. The highest BCUT2D eigenvalue weighted by Crippen LogP contribution is 2.26. The van der Waals surface area contributed by atoms with Crippen molar-refractivity contribution in [2.75, 3.05) is 0 Å². The molecule has 0 fully saturated rings. The van der Waals surface area contributed by atoms with Crippen LogP contribution in [0.5, 0.6) is 0 Å². The molecule has 0 saturated heterocycles. The molecule has 0 atom stereocenters. The van der Waals surface area contributed by atoms with Crippen LogP contribution in [-0.2, 0) is 10.1 Å². The third-order valence-electron chi connectivity index (χ3n) is 1.26. The van der Waals surface area contributed by atoms with Crippen LogP contribution in [0.1, 0.15) is 20.8 Å². The van der Waals surface area contributed by atoms with Gasteiger partial charge < -0.3 is 0 Å². The third kappa shape index (κ3) is 4.69. The summed E-state index contributed by atoms with van der Waals surface area (Å²) >= 11 is 0. The summed E-state index contributed by atoms with van der Waals surface area (Å²) in [6.07, 6.45) is 1.24. The Morgan fingerprint density at radius 2 is 1.92 bits per heavy atom. The Kier molecular flexibility index (Phi) is 3.68. The quantitative estimate of drug-likeness (QED) is 0.553. The van der Waals surface area contributed by atoms with E-state index in [0.29, 0.717) is 0 Å². The fourth-order valence-corrected chi connectivity index (χ4v) is 4.22. The van der Waals surface area contributed by atoms with Gasteiger partial charge >= 0.3 is 0 Å². The topological polar surface area (TPSA) is 54.4 Å². The van der Waals surface area contributed by atoms with E-state index in [2.05, 4.69) is 6.58 Å². The summed E-state index contributed by atoms with van der Waals surface area (Å²) in [6, 6.07) is 0. The van der Waals surface area contributed by atoms with Gasteiger partial charge in [-0.3, -0.25) is 4.55 Å². The maximum atomic E-state index is 10.7. The lowest BCUT2D eigenvalue weighted by atomic mass is 10.3. The lowest BCUT2D eigenvalue weighted by Gasteiger charge is -2.19. The van der Waals surface area contributed by atoms with E-state index in [9.17, 15) is 8.42 Å². The molecule has 3 nitrogen and oxygen atoms in total. The van der Waals surface area contributed by atoms with Crippen molar-refractivity contribution in [3.8, 4) is 0 Å². The zero-order valence-electron chi connectivity index (χ0n) is 7.66. The Labute approximate surface area is 76.4 Å². The lowest BCUT2D eigenvalue weighted by molar-refractivity contribution is 0.489. The van der Waals surface area contributed by atoms with E-state index >= 15 is 0 Å². The molecular formula is C7H15O3SSi. The summed E-state index contributed by atoms with van der Waals surface area (Å²) < 4.78 is 30.2. The van der Waals surface area contributed by atoms with Crippen LogP contribution in [0.2, 0.25) is 5.04 Å². The van der Waals surface area contributed by atoms with Crippen LogP contribution in [0.15, 0.2) is 12.7 Å². The second kappa shape index (κ2) is 3.72. The van der Waals surface area contributed by atoms with Crippen molar-refractivity contribution in [2.24, 2.45) is 0 Å². The number of rotatable bonds is 3. The molecule has 71 valence electrons.